The number of piperazine rings is 1. The fourth-order valence-electron chi connectivity index (χ4n) is 5.52. The quantitative estimate of drug-likeness (QED) is 0.141. The third-order valence-corrected chi connectivity index (χ3v) is 8.09. The lowest BCUT2D eigenvalue weighted by Crippen LogP contribution is -2.46. The van der Waals surface area contributed by atoms with E-state index in [1.807, 2.05) is 35.5 Å². The Balaban J connectivity index is 1.82. The summed E-state index contributed by atoms with van der Waals surface area (Å²) in [6.45, 7) is 16.0. The minimum Gasteiger partial charge on any atom is -0.490 e. The summed E-state index contributed by atoms with van der Waals surface area (Å²) in [5.41, 5.74) is 4.89. The maximum atomic E-state index is 12.7. The summed E-state index contributed by atoms with van der Waals surface area (Å²) in [7, 11) is 2.11. The van der Waals surface area contributed by atoms with E-state index in [4.69, 9.17) is 4.74 Å². The van der Waals surface area contributed by atoms with Gasteiger partial charge in [0.05, 0.1) is 6.10 Å². The molecule has 1 saturated carbocycles. The lowest BCUT2D eigenvalue weighted by Gasteiger charge is -2.32. The number of nitrogens with zero attached hydrogens (tertiary/aromatic N) is 3. The molecule has 1 saturated heterocycles. The fraction of sp³-hybridized carbons (Fsp3) is 0.486. The Labute approximate surface area is 242 Å². The third-order valence-electron chi connectivity index (χ3n) is 8.09. The summed E-state index contributed by atoms with van der Waals surface area (Å²) in [5.74, 6) is 1.31. The van der Waals surface area contributed by atoms with Crippen LogP contribution in [-0.4, -0.2) is 60.0 Å². The van der Waals surface area contributed by atoms with Gasteiger partial charge in [-0.3, -0.25) is 9.78 Å². The second-order valence-corrected chi connectivity index (χ2v) is 11.0. The van der Waals surface area contributed by atoms with E-state index in [9.17, 15) is 4.79 Å². The van der Waals surface area contributed by atoms with Crippen molar-refractivity contribution in [2.45, 2.75) is 71.3 Å². The van der Waals surface area contributed by atoms with Crippen LogP contribution in [0.25, 0.3) is 0 Å². The highest BCUT2D eigenvalue weighted by Crippen LogP contribution is 2.31. The molecule has 1 aromatic heterocycles. The van der Waals surface area contributed by atoms with Crippen LogP contribution in [0.1, 0.15) is 64.4 Å². The highest BCUT2D eigenvalue weighted by Gasteiger charge is 2.21. The molecule has 40 heavy (non-hydrogen) atoms. The minimum atomic E-state index is 0.156. The molecule has 1 aliphatic carbocycles. The van der Waals surface area contributed by atoms with Gasteiger partial charge in [-0.25, -0.2) is 0 Å². The monoisotopic (exact) mass is 543 g/mol. The molecule has 0 N–H and O–H groups in total. The van der Waals surface area contributed by atoms with E-state index >= 15 is 0 Å². The van der Waals surface area contributed by atoms with Gasteiger partial charge in [-0.2, -0.15) is 0 Å². The van der Waals surface area contributed by atoms with Crippen LogP contribution in [0.15, 0.2) is 96.6 Å². The molecule has 0 bridgehead atoms. The number of carbonyl (C=O) groups excluding carboxylic acids is 1. The third kappa shape index (κ3) is 9.78. The van der Waals surface area contributed by atoms with Crippen LogP contribution in [0.3, 0.4) is 0 Å². The molecule has 0 aromatic carbocycles. The van der Waals surface area contributed by atoms with Gasteiger partial charge in [-0.1, -0.05) is 61.6 Å². The van der Waals surface area contributed by atoms with E-state index in [1.54, 1.807) is 0 Å². The van der Waals surface area contributed by atoms with E-state index in [2.05, 4.69) is 74.3 Å². The second-order valence-electron chi connectivity index (χ2n) is 11.0. The van der Waals surface area contributed by atoms with Crippen molar-refractivity contribution in [2.24, 2.45) is 5.92 Å². The van der Waals surface area contributed by atoms with Crippen molar-refractivity contribution in [2.75, 3.05) is 33.2 Å². The number of allylic oxidation sites excluding steroid dienone is 8. The van der Waals surface area contributed by atoms with Gasteiger partial charge < -0.3 is 14.5 Å². The van der Waals surface area contributed by atoms with Gasteiger partial charge in [0.1, 0.15) is 5.76 Å². The van der Waals surface area contributed by atoms with Gasteiger partial charge in [-0.05, 0) is 88.3 Å². The van der Waals surface area contributed by atoms with Crippen LogP contribution in [0, 0.1) is 5.92 Å². The number of pyridine rings is 1. The van der Waals surface area contributed by atoms with E-state index < -0.39 is 0 Å². The first-order chi connectivity index (χ1) is 19.4. The van der Waals surface area contributed by atoms with Crippen LogP contribution >= 0.6 is 0 Å². The lowest BCUT2D eigenvalue weighted by molar-refractivity contribution is -0.131. The second kappa shape index (κ2) is 16.8. The summed E-state index contributed by atoms with van der Waals surface area (Å²) in [6, 6.07) is 4.17. The van der Waals surface area contributed by atoms with Gasteiger partial charge in [0.25, 0.3) is 0 Å². The van der Waals surface area contributed by atoms with Crippen molar-refractivity contribution < 1.29 is 9.53 Å². The van der Waals surface area contributed by atoms with Gasteiger partial charge in [0.15, 0.2) is 0 Å². The summed E-state index contributed by atoms with van der Waals surface area (Å²) >= 11 is 0. The van der Waals surface area contributed by atoms with E-state index in [1.165, 1.54) is 29.6 Å². The van der Waals surface area contributed by atoms with Crippen LogP contribution in [0.4, 0.5) is 0 Å². The van der Waals surface area contributed by atoms with Gasteiger partial charge in [-0.15, -0.1) is 0 Å². The molecule has 3 rings (SSSR count). The summed E-state index contributed by atoms with van der Waals surface area (Å²) < 4.78 is 6.58. The molecule has 0 spiro atoms. The molecule has 2 fully saturated rings. The number of carbonyl (C=O) groups is 1. The first-order valence-corrected chi connectivity index (χ1v) is 15.0. The van der Waals surface area contributed by atoms with Gasteiger partial charge in [0.2, 0.25) is 5.91 Å². The molecule has 1 unspecified atom stereocenters. The van der Waals surface area contributed by atoms with Crippen molar-refractivity contribution in [1.82, 2.24) is 14.8 Å². The first kappa shape index (κ1) is 31.3. The van der Waals surface area contributed by atoms with Crippen molar-refractivity contribution in [1.29, 1.82) is 0 Å². The molecule has 2 aliphatic rings. The van der Waals surface area contributed by atoms with Crippen LogP contribution in [0.5, 0.6) is 0 Å². The average molecular weight is 544 g/mol. The number of amides is 1. The molecule has 1 amide bonds. The molecular weight excluding hydrogens is 494 g/mol. The highest BCUT2D eigenvalue weighted by atomic mass is 16.5. The molecule has 1 aliphatic heterocycles. The molecule has 216 valence electrons. The Kier molecular flexibility index (Phi) is 13.2. The number of hydrogen-bond donors (Lipinski definition) is 0. The Hall–Kier alpha value is -3.18. The summed E-state index contributed by atoms with van der Waals surface area (Å²) in [5, 5.41) is 0. The average Bonchev–Trinajstić information content (AvgIpc) is 3.48. The van der Waals surface area contributed by atoms with Gasteiger partial charge in [0, 0.05) is 50.9 Å². The molecular formula is C35H49N3O2. The molecule has 0 radical (unpaired) electrons. The zero-order valence-electron chi connectivity index (χ0n) is 25.0. The van der Waals surface area contributed by atoms with E-state index in [-0.39, 0.29) is 17.9 Å². The van der Waals surface area contributed by atoms with Crippen molar-refractivity contribution in [3.05, 3.63) is 102 Å². The summed E-state index contributed by atoms with van der Waals surface area (Å²) in [4.78, 5) is 21.2. The zero-order valence-corrected chi connectivity index (χ0v) is 25.0. The van der Waals surface area contributed by atoms with Gasteiger partial charge >= 0.3 is 0 Å². The molecule has 5 nitrogen and oxygen atoms in total. The van der Waals surface area contributed by atoms with E-state index in [0.717, 1.165) is 69.6 Å². The number of rotatable bonds is 14. The van der Waals surface area contributed by atoms with Crippen molar-refractivity contribution in [3.63, 3.8) is 0 Å². The molecule has 2 heterocycles. The molecule has 1 aromatic rings. The number of ether oxygens (including phenoxy) is 1. The van der Waals surface area contributed by atoms with Crippen molar-refractivity contribution >= 4 is 5.91 Å². The Morgan fingerprint density at radius 1 is 1.10 bits per heavy atom. The molecule has 1 atom stereocenters. The molecule has 5 heteroatoms. The Morgan fingerprint density at radius 3 is 2.40 bits per heavy atom. The Morgan fingerprint density at radius 2 is 1.77 bits per heavy atom. The van der Waals surface area contributed by atoms with Crippen LogP contribution in [-0.2, 0) is 16.0 Å². The topological polar surface area (TPSA) is 45.7 Å². The highest BCUT2D eigenvalue weighted by molar-refractivity contribution is 5.77. The lowest BCUT2D eigenvalue weighted by atomic mass is 9.83. The maximum absolute atomic E-state index is 12.7. The largest absolute Gasteiger partial charge is 0.490 e. The fourth-order valence-corrected chi connectivity index (χ4v) is 5.52. The normalized spacial score (nSPS) is 19.0. The smallest absolute Gasteiger partial charge is 0.226 e. The van der Waals surface area contributed by atoms with E-state index in [0.29, 0.717) is 6.42 Å². The standard InChI is InChI=1S/C35H49N3O2/c1-6-13-31(14-9-12-17-35(39)38-24-22-37(5)23-25-38)33(27-29-18-20-36-21-19-29)28(4)26-34(30(7-2)8-3)40-32-15-10-11-16-32/h6-7,9,12-13,18-21,26,32-33H,1-2,8,10-11,14-17,22-25,27H2,3-5H3/b12-9-,28-26+,31-13+,34-30-. The first-order valence-electron chi connectivity index (χ1n) is 15.0. The number of hydrogen-bond acceptors (Lipinski definition) is 4. The predicted octanol–water partition coefficient (Wildman–Crippen LogP) is 7.22. The zero-order chi connectivity index (χ0) is 28.7. The number of aromatic nitrogens is 1. The SMILES string of the molecule is C=C/C=C(\C/C=C\CC(=O)N1CCN(C)CC1)C(Cc1ccncc1)/C(C)=C/C(OC1CCCC1)=C(\C=C)CC. The van der Waals surface area contributed by atoms with Crippen LogP contribution in [0.2, 0.25) is 0 Å². The number of likely N-dealkylation sites (N-methyl/N-ethyl adjacent to an activating group) is 1. The predicted molar refractivity (Wildman–Crippen MR) is 167 cm³/mol. The van der Waals surface area contributed by atoms with Crippen molar-refractivity contribution in [3.8, 4) is 0 Å². The van der Waals surface area contributed by atoms with Crippen LogP contribution < -0.4 is 0 Å². The Bertz CT molecular complexity index is 1080. The summed E-state index contributed by atoms with van der Waals surface area (Å²) in [6.07, 6.45) is 24.0. The maximum Gasteiger partial charge on any atom is 0.226 e. The minimum absolute atomic E-state index is 0.156.